The predicted molar refractivity (Wildman–Crippen MR) is 92.0 cm³/mol. The Morgan fingerprint density at radius 1 is 1.36 bits per heavy atom. The van der Waals surface area contributed by atoms with Crippen LogP contribution < -0.4 is 9.47 Å². The van der Waals surface area contributed by atoms with Crippen LogP contribution in [0.5, 0.6) is 11.5 Å². The molecule has 0 bridgehead atoms. The summed E-state index contributed by atoms with van der Waals surface area (Å²) in [6.45, 7) is -4.50. The average molecular weight is 490 g/mol. The van der Waals surface area contributed by atoms with Gasteiger partial charge in [-0.3, -0.25) is 0 Å². The monoisotopic (exact) mass is 490 g/mol. The van der Waals surface area contributed by atoms with Crippen LogP contribution in [0.4, 0.5) is 26.3 Å². The maximum Gasteiger partial charge on any atom is 0.573 e. The molecule has 2 aliphatic heterocycles. The molecule has 1 aromatic rings. The summed E-state index contributed by atoms with van der Waals surface area (Å²) in [6, 6.07) is 0.881. The molecule has 0 aliphatic carbocycles. The van der Waals surface area contributed by atoms with Crippen molar-refractivity contribution in [1.29, 1.82) is 0 Å². The van der Waals surface area contributed by atoms with Crippen molar-refractivity contribution in [1.82, 2.24) is 5.01 Å². The maximum atomic E-state index is 13.6. The first-order valence-corrected chi connectivity index (χ1v) is 8.75. The van der Waals surface area contributed by atoms with Gasteiger partial charge in [0, 0.05) is 9.68 Å². The van der Waals surface area contributed by atoms with Crippen molar-refractivity contribution >= 4 is 12.0 Å². The number of nitrogens with zero attached hydrogens (tertiary/aromatic N) is 3. The number of benzene rings is 1. The molecule has 1 unspecified atom stereocenters. The lowest BCUT2D eigenvalue weighted by atomic mass is 9.99. The highest BCUT2D eigenvalue weighted by atomic mass is 19.4. The highest BCUT2D eigenvalue weighted by Gasteiger charge is 2.49. The van der Waals surface area contributed by atoms with Crippen LogP contribution in [0, 0.1) is 12.1 Å². The number of esters is 1. The highest BCUT2D eigenvalue weighted by Crippen LogP contribution is 2.41. The standard InChI is InChI=1S/C17H15F6N3O7/c1-8-2-11(33-17(21,22)23)3-9-4-12(14(16(18,19)20)32-13(8)9)15(28)30-7-31-24-26(29)25-5-10(27)6-25/h2-4,10,14,27H,5-7H2,1H3/i1D3. The van der Waals surface area contributed by atoms with E-state index in [1.54, 1.807) is 0 Å². The van der Waals surface area contributed by atoms with Gasteiger partial charge in [-0.25, -0.2) is 4.79 Å². The van der Waals surface area contributed by atoms with Gasteiger partial charge in [-0.1, -0.05) is 0 Å². The fourth-order valence-corrected chi connectivity index (χ4v) is 2.75. The third-order valence-electron chi connectivity index (χ3n) is 4.14. The number of ether oxygens (including phenoxy) is 3. The van der Waals surface area contributed by atoms with Crippen molar-refractivity contribution in [2.45, 2.75) is 31.6 Å². The molecule has 33 heavy (non-hydrogen) atoms. The Bertz CT molecular complexity index is 1070. The molecule has 1 saturated heterocycles. The molecule has 1 N–H and O–H groups in total. The first-order valence-electron chi connectivity index (χ1n) is 10.2. The Hall–Kier alpha value is -3.43. The zero-order valence-corrected chi connectivity index (χ0v) is 16.0. The number of carbonyl (C=O) groups excluding carboxylic acids is 1. The molecule has 0 radical (unpaired) electrons. The molecule has 182 valence electrons. The lowest BCUT2D eigenvalue weighted by Gasteiger charge is -2.30. The van der Waals surface area contributed by atoms with E-state index in [0.717, 1.165) is 5.01 Å². The van der Waals surface area contributed by atoms with E-state index in [2.05, 4.69) is 19.6 Å². The van der Waals surface area contributed by atoms with Gasteiger partial charge >= 0.3 is 18.5 Å². The van der Waals surface area contributed by atoms with Gasteiger partial charge in [0.25, 0.3) is 6.79 Å². The van der Waals surface area contributed by atoms with Crippen molar-refractivity contribution < 1.29 is 64.4 Å². The lowest BCUT2D eigenvalue weighted by Crippen LogP contribution is -2.53. The molecule has 0 saturated carbocycles. The molecular weight excluding hydrogens is 472 g/mol. The third kappa shape index (κ3) is 5.88. The summed E-state index contributed by atoms with van der Waals surface area (Å²) >= 11 is 0. The molecule has 16 heteroatoms. The molecule has 1 aromatic carbocycles. The summed E-state index contributed by atoms with van der Waals surface area (Å²) in [7, 11) is 0. The number of hydrogen-bond donors (Lipinski definition) is 1. The Labute approximate surface area is 184 Å². The smallest absolute Gasteiger partial charge is 0.569 e. The van der Waals surface area contributed by atoms with Gasteiger partial charge in [0.2, 0.25) is 11.4 Å². The topological polar surface area (TPSA) is 116 Å². The van der Waals surface area contributed by atoms with Crippen LogP contribution in [0.3, 0.4) is 0 Å². The van der Waals surface area contributed by atoms with Crippen LogP contribution in [0.1, 0.15) is 15.2 Å². The number of hydrogen-bond acceptors (Lipinski definition) is 8. The molecule has 2 heterocycles. The van der Waals surface area contributed by atoms with Crippen LogP contribution in [-0.4, -0.2) is 65.7 Å². The molecule has 10 nitrogen and oxygen atoms in total. The number of aliphatic hydroxyl groups excluding tert-OH is 1. The average Bonchev–Trinajstić information content (AvgIpc) is 2.70. The second-order valence-corrected chi connectivity index (χ2v) is 6.61. The zero-order valence-electron chi connectivity index (χ0n) is 19.0. The Kier molecular flexibility index (Phi) is 5.41. The minimum absolute atomic E-state index is 0.0642. The number of aryl methyl sites for hydroxylation is 1. The van der Waals surface area contributed by atoms with E-state index >= 15 is 0 Å². The second-order valence-electron chi connectivity index (χ2n) is 6.61. The number of aliphatic hydroxyl groups is 1. The van der Waals surface area contributed by atoms with E-state index in [0.29, 0.717) is 18.2 Å². The summed E-state index contributed by atoms with van der Waals surface area (Å²) in [5, 5.41) is 24.5. The van der Waals surface area contributed by atoms with Gasteiger partial charge in [-0.2, -0.15) is 13.2 Å². The van der Waals surface area contributed by atoms with Crippen molar-refractivity contribution in [3.05, 3.63) is 34.0 Å². The lowest BCUT2D eigenvalue weighted by molar-refractivity contribution is -0.727. The summed E-state index contributed by atoms with van der Waals surface area (Å²) < 4.78 is 114. The van der Waals surface area contributed by atoms with Crippen molar-refractivity contribution in [2.75, 3.05) is 19.9 Å². The zero-order chi connectivity index (χ0) is 27.1. The molecule has 0 aromatic heterocycles. The minimum Gasteiger partial charge on any atom is -0.569 e. The fourth-order valence-electron chi connectivity index (χ4n) is 2.75. The van der Waals surface area contributed by atoms with E-state index in [-0.39, 0.29) is 18.1 Å². The van der Waals surface area contributed by atoms with Gasteiger partial charge in [0.1, 0.15) is 30.7 Å². The van der Waals surface area contributed by atoms with Crippen molar-refractivity contribution in [3.63, 3.8) is 0 Å². The summed E-state index contributed by atoms with van der Waals surface area (Å²) in [6.07, 6.45) is -13.9. The normalized spacial score (nSPS) is 20.9. The number of β-amino-alcohol motifs (C(OH)–C–C–N with tert-alkyl or cyclic N) is 1. The third-order valence-corrected chi connectivity index (χ3v) is 4.14. The van der Waals surface area contributed by atoms with Crippen LogP contribution in [0.2, 0.25) is 0 Å². The first-order chi connectivity index (χ1) is 16.5. The number of hydrazine groups is 1. The number of alkyl halides is 6. The Balaban J connectivity index is 1.88. The van der Waals surface area contributed by atoms with Gasteiger partial charge < -0.3 is 29.4 Å². The van der Waals surface area contributed by atoms with Gasteiger partial charge in [-0.15, -0.1) is 18.2 Å². The van der Waals surface area contributed by atoms with E-state index in [4.69, 9.17) is 14.0 Å². The summed E-state index contributed by atoms with van der Waals surface area (Å²) in [4.78, 5) is 16.6. The molecule has 0 amide bonds. The molecule has 3 rings (SSSR count). The summed E-state index contributed by atoms with van der Waals surface area (Å²) in [5.74, 6) is -3.74. The van der Waals surface area contributed by atoms with E-state index in [1.807, 2.05) is 0 Å². The Morgan fingerprint density at radius 2 is 2.06 bits per heavy atom. The molecule has 1 fully saturated rings. The molecule has 1 atom stereocenters. The van der Waals surface area contributed by atoms with Crippen molar-refractivity contribution in [2.24, 2.45) is 5.28 Å². The molecular formula is C17H15F6N3O7. The van der Waals surface area contributed by atoms with E-state index in [9.17, 15) is 36.3 Å². The van der Waals surface area contributed by atoms with E-state index < -0.39 is 72.6 Å². The maximum absolute atomic E-state index is 13.6. The van der Waals surface area contributed by atoms with Crippen LogP contribution in [0.15, 0.2) is 23.0 Å². The van der Waals surface area contributed by atoms with Crippen LogP contribution in [0.25, 0.3) is 6.08 Å². The fraction of sp³-hybridized carbons (Fsp3) is 0.471. The van der Waals surface area contributed by atoms with Gasteiger partial charge in [0.05, 0.1) is 10.5 Å². The van der Waals surface area contributed by atoms with Crippen molar-refractivity contribution in [3.8, 4) is 11.5 Å². The van der Waals surface area contributed by atoms with Gasteiger partial charge in [-0.05, 0) is 30.6 Å². The Morgan fingerprint density at radius 3 is 2.64 bits per heavy atom. The number of fused-ring (bicyclic) bond motifs is 1. The van der Waals surface area contributed by atoms with Crippen LogP contribution in [-0.2, 0) is 14.4 Å². The quantitative estimate of drug-likeness (QED) is 0.123. The molecule has 0 spiro atoms. The van der Waals surface area contributed by atoms with E-state index in [1.165, 1.54) is 0 Å². The number of halogens is 6. The largest absolute Gasteiger partial charge is 0.573 e. The van der Waals surface area contributed by atoms with Crippen LogP contribution >= 0.6 is 0 Å². The predicted octanol–water partition coefficient (Wildman–Crippen LogP) is 2.59. The number of rotatable bonds is 6. The second kappa shape index (κ2) is 8.84. The van der Waals surface area contributed by atoms with Gasteiger partial charge in [0.15, 0.2) is 0 Å². The minimum atomic E-state index is -5.29. The SMILES string of the molecule is [2H]C([2H])([2H])c1cc(OC(F)(F)F)cc2c1OC(C(F)(F)F)C(C(=O)OCON=[N+]([O-])N1CC(O)C1)=C2. The highest BCUT2D eigenvalue weighted by molar-refractivity contribution is 5.96. The first kappa shape index (κ1) is 20.2. The molecule has 2 aliphatic rings. The summed E-state index contributed by atoms with van der Waals surface area (Å²) in [5.41, 5.74) is -2.92. The number of carbonyl (C=O) groups is 1.